The zero-order valence-corrected chi connectivity index (χ0v) is 34.2. The lowest BCUT2D eigenvalue weighted by Crippen LogP contribution is -2.19. The van der Waals surface area contributed by atoms with E-state index in [4.69, 9.17) is 0 Å². The van der Waals surface area contributed by atoms with Crippen molar-refractivity contribution in [3.05, 3.63) is 193 Å². The third-order valence-electron chi connectivity index (χ3n) is 11.6. The molecule has 0 heterocycles. The van der Waals surface area contributed by atoms with Crippen molar-refractivity contribution in [2.24, 2.45) is 0 Å². The Kier molecular flexibility index (Phi) is 10.4. The third kappa shape index (κ3) is 6.77. The molecule has 0 radical (unpaired) electrons. The molecule has 0 bridgehead atoms. The van der Waals surface area contributed by atoms with Crippen LogP contribution in [0.5, 0.6) is 0 Å². The highest BCUT2D eigenvalue weighted by molar-refractivity contribution is 14.1. The Labute approximate surface area is 345 Å². The van der Waals surface area contributed by atoms with Crippen molar-refractivity contribution in [2.45, 2.75) is 55.3 Å². The molecule has 0 atom stereocenters. The van der Waals surface area contributed by atoms with Crippen molar-refractivity contribution in [1.29, 1.82) is 0 Å². The molecule has 0 unspecified atom stereocenters. The Balaban J connectivity index is 1.20. The fourth-order valence-electron chi connectivity index (χ4n) is 8.85. The van der Waals surface area contributed by atoms with E-state index in [0.29, 0.717) is 0 Å². The van der Waals surface area contributed by atoms with E-state index in [2.05, 4.69) is 221 Å². The van der Waals surface area contributed by atoms with Gasteiger partial charge in [-0.2, -0.15) is 0 Å². The molecule has 0 spiro atoms. The summed E-state index contributed by atoms with van der Waals surface area (Å²) < 4.78 is -0.193. The minimum absolute atomic E-state index is 0.193. The van der Waals surface area contributed by atoms with Gasteiger partial charge < -0.3 is 9.80 Å². The van der Waals surface area contributed by atoms with Crippen LogP contribution in [0.25, 0.3) is 32.7 Å². The van der Waals surface area contributed by atoms with Gasteiger partial charge in [0.1, 0.15) is 0 Å². The molecule has 0 N–H and O–H groups in total. The van der Waals surface area contributed by atoms with Crippen molar-refractivity contribution in [1.82, 2.24) is 0 Å². The van der Waals surface area contributed by atoms with Crippen LogP contribution < -0.4 is 9.80 Å². The summed E-state index contributed by atoms with van der Waals surface area (Å²) in [5.41, 5.74) is 12.6. The number of hydrogen-bond donors (Lipinski definition) is 0. The maximum Gasteiger partial charge on any atom is 0.0732 e. The SMILES string of the molecule is CCCCCCCCC1(I)c2cc(N(c3ccccc3)c3cccc4ccccc34)ccc2-c2ccc(N(c3ccccc3)c3cccc4ccccc34)cc21. The van der Waals surface area contributed by atoms with Gasteiger partial charge in [0, 0.05) is 33.5 Å². The van der Waals surface area contributed by atoms with E-state index >= 15 is 0 Å². The van der Waals surface area contributed by atoms with E-state index in [0.717, 1.165) is 17.8 Å². The quantitative estimate of drug-likeness (QED) is 0.0648. The molecule has 8 aromatic rings. The minimum Gasteiger partial charge on any atom is -0.310 e. The summed E-state index contributed by atoms with van der Waals surface area (Å²) in [6.07, 6.45) is 8.75. The van der Waals surface area contributed by atoms with E-state index < -0.39 is 0 Å². The predicted octanol–water partition coefficient (Wildman–Crippen LogP) is 16.3. The average molecular weight is 839 g/mol. The van der Waals surface area contributed by atoms with Gasteiger partial charge in [-0.15, -0.1) is 0 Å². The first-order chi connectivity index (χ1) is 27.6. The highest BCUT2D eigenvalue weighted by Crippen LogP contribution is 2.58. The van der Waals surface area contributed by atoms with Crippen molar-refractivity contribution in [2.75, 3.05) is 9.80 Å². The molecular weight excluding hydrogens is 792 g/mol. The predicted molar refractivity (Wildman–Crippen MR) is 249 cm³/mol. The van der Waals surface area contributed by atoms with Gasteiger partial charge in [0.05, 0.1) is 14.8 Å². The van der Waals surface area contributed by atoms with Crippen molar-refractivity contribution >= 4 is 78.3 Å². The van der Waals surface area contributed by atoms with Crippen LogP contribution in [0.15, 0.2) is 182 Å². The van der Waals surface area contributed by atoms with Crippen LogP contribution in [0.3, 0.4) is 0 Å². The number of fused-ring (bicyclic) bond motifs is 5. The molecule has 0 fully saturated rings. The number of unbranched alkanes of at least 4 members (excludes halogenated alkanes) is 5. The summed E-state index contributed by atoms with van der Waals surface area (Å²) in [4.78, 5) is 4.91. The Bertz CT molecular complexity index is 2430. The van der Waals surface area contributed by atoms with Crippen molar-refractivity contribution in [3.63, 3.8) is 0 Å². The summed E-state index contributed by atoms with van der Waals surface area (Å²) >= 11 is 2.85. The molecule has 0 aliphatic heterocycles. The summed E-state index contributed by atoms with van der Waals surface area (Å²) in [6, 6.07) is 67.0. The monoisotopic (exact) mass is 838 g/mol. The van der Waals surface area contributed by atoms with Gasteiger partial charge >= 0.3 is 0 Å². The maximum atomic E-state index is 2.85. The fraction of sp³-hybridized carbons (Fsp3) is 0.170. The second-order valence-corrected chi connectivity index (χ2v) is 17.0. The number of nitrogens with zero attached hydrogens (tertiary/aromatic N) is 2. The van der Waals surface area contributed by atoms with Gasteiger partial charge in [-0.3, -0.25) is 0 Å². The van der Waals surface area contributed by atoms with Crippen molar-refractivity contribution < 1.29 is 0 Å². The lowest BCUT2D eigenvalue weighted by molar-refractivity contribution is 0.563. The lowest BCUT2D eigenvalue weighted by atomic mass is 9.90. The smallest absolute Gasteiger partial charge is 0.0732 e. The van der Waals surface area contributed by atoms with Crippen LogP contribution >= 0.6 is 22.6 Å². The molecule has 2 nitrogen and oxygen atoms in total. The van der Waals surface area contributed by atoms with Crippen LogP contribution in [-0.4, -0.2) is 0 Å². The van der Waals surface area contributed by atoms with E-state index in [9.17, 15) is 0 Å². The van der Waals surface area contributed by atoms with E-state index in [1.807, 2.05) is 0 Å². The molecule has 56 heavy (non-hydrogen) atoms. The number of para-hydroxylation sites is 2. The molecule has 1 aliphatic rings. The normalized spacial score (nSPS) is 12.8. The summed E-state index contributed by atoms with van der Waals surface area (Å²) in [7, 11) is 0. The van der Waals surface area contributed by atoms with Gasteiger partial charge in [0.25, 0.3) is 0 Å². The van der Waals surface area contributed by atoms with Gasteiger partial charge in [0.2, 0.25) is 0 Å². The Hall–Kier alpha value is -5.39. The molecule has 0 saturated heterocycles. The van der Waals surface area contributed by atoms with Gasteiger partial charge in [-0.05, 0) is 100 Å². The van der Waals surface area contributed by atoms with E-state index in [1.54, 1.807) is 0 Å². The molecule has 1 aliphatic carbocycles. The number of rotatable bonds is 13. The number of anilines is 6. The third-order valence-corrected chi connectivity index (χ3v) is 13.3. The molecular formula is C53H47IN2. The van der Waals surface area contributed by atoms with Crippen LogP contribution in [0.1, 0.15) is 63.0 Å². The summed E-state index contributed by atoms with van der Waals surface area (Å²) in [6.45, 7) is 2.30. The Morgan fingerprint density at radius 1 is 0.411 bits per heavy atom. The largest absolute Gasteiger partial charge is 0.310 e. The number of alkyl halides is 1. The Morgan fingerprint density at radius 3 is 1.34 bits per heavy atom. The summed E-state index contributed by atoms with van der Waals surface area (Å²) in [5, 5.41) is 4.98. The first-order valence-corrected chi connectivity index (χ1v) is 21.4. The number of benzene rings is 8. The standard InChI is InChI=1S/C53H47IN2/c1-2-3-4-5-6-17-36-53(54)49-37-43(55(41-24-9-7-10-25-41)51-30-18-22-39-20-13-15-28-45(39)51)32-34-47(49)48-35-33-44(38-50(48)53)56(42-26-11-8-12-27-42)52-31-19-23-40-21-14-16-29-46(40)52/h7-16,18-35,37-38H,2-6,17,36H2,1H3. The van der Waals surface area contributed by atoms with Crippen LogP contribution in [0.2, 0.25) is 0 Å². The molecule has 0 amide bonds. The zero-order valence-electron chi connectivity index (χ0n) is 32.0. The summed E-state index contributed by atoms with van der Waals surface area (Å²) in [5.74, 6) is 0. The Morgan fingerprint density at radius 2 is 0.839 bits per heavy atom. The second kappa shape index (κ2) is 16.0. The van der Waals surface area contributed by atoms with E-state index in [1.165, 1.54) is 105 Å². The average Bonchev–Trinajstić information content (AvgIpc) is 3.49. The highest BCUT2D eigenvalue weighted by Gasteiger charge is 2.42. The van der Waals surface area contributed by atoms with Crippen LogP contribution in [0, 0.1) is 0 Å². The fourth-order valence-corrected chi connectivity index (χ4v) is 10.1. The molecule has 3 heteroatoms. The minimum atomic E-state index is -0.193. The van der Waals surface area contributed by atoms with Crippen molar-refractivity contribution in [3.8, 4) is 11.1 Å². The highest BCUT2D eigenvalue weighted by atomic mass is 127. The maximum absolute atomic E-state index is 2.85. The lowest BCUT2D eigenvalue weighted by Gasteiger charge is -2.31. The number of hydrogen-bond acceptors (Lipinski definition) is 2. The topological polar surface area (TPSA) is 6.48 Å². The first kappa shape index (κ1) is 36.3. The molecule has 0 saturated carbocycles. The molecule has 9 rings (SSSR count). The number of halogens is 1. The van der Waals surface area contributed by atoms with E-state index in [-0.39, 0.29) is 3.42 Å². The van der Waals surface area contributed by atoms with Crippen LogP contribution in [0.4, 0.5) is 34.1 Å². The second-order valence-electron chi connectivity index (χ2n) is 15.1. The van der Waals surface area contributed by atoms with Gasteiger partial charge in [-0.1, -0.05) is 189 Å². The van der Waals surface area contributed by atoms with Gasteiger partial charge in [0.15, 0.2) is 0 Å². The first-order valence-electron chi connectivity index (χ1n) is 20.3. The molecule has 0 aromatic heterocycles. The van der Waals surface area contributed by atoms with Crippen LogP contribution in [-0.2, 0) is 3.42 Å². The molecule has 8 aromatic carbocycles. The van der Waals surface area contributed by atoms with Gasteiger partial charge in [-0.25, -0.2) is 0 Å². The zero-order chi connectivity index (χ0) is 37.9. The molecule has 276 valence electrons.